The van der Waals surface area contributed by atoms with E-state index in [9.17, 15) is 18.3 Å². The number of carbonyl (C=O) groups is 1. The molecule has 0 heterocycles. The predicted molar refractivity (Wildman–Crippen MR) is 122 cm³/mol. The molecule has 0 saturated heterocycles. The van der Waals surface area contributed by atoms with Gasteiger partial charge in [-0.25, -0.2) is 0 Å². The Kier molecular flexibility index (Phi) is 6.52. The summed E-state index contributed by atoms with van der Waals surface area (Å²) < 4.78 is 34.9. The quantitative estimate of drug-likeness (QED) is 0.548. The molecule has 0 aromatic carbocycles. The Morgan fingerprint density at radius 2 is 1.72 bits per heavy atom. The highest BCUT2D eigenvalue weighted by Crippen LogP contribution is 2.69. The lowest BCUT2D eigenvalue weighted by molar-refractivity contribution is -0.194. The fourth-order valence-electron chi connectivity index (χ4n) is 9.57. The van der Waals surface area contributed by atoms with Crippen molar-refractivity contribution in [3.8, 4) is 0 Å². The van der Waals surface area contributed by atoms with Crippen LogP contribution in [0.15, 0.2) is 0 Å². The van der Waals surface area contributed by atoms with Crippen LogP contribution in [0.25, 0.3) is 0 Å². The second kappa shape index (κ2) is 8.53. The average molecular weight is 471 g/mol. The molecule has 0 aliphatic heterocycles. The van der Waals surface area contributed by atoms with E-state index in [1.807, 2.05) is 6.92 Å². The van der Waals surface area contributed by atoms with Crippen molar-refractivity contribution in [1.82, 2.24) is 0 Å². The molecule has 0 aromatic rings. The summed E-state index contributed by atoms with van der Waals surface area (Å²) in [6.45, 7) is 9.11. The van der Waals surface area contributed by atoms with Gasteiger partial charge in [-0.05, 0) is 90.8 Å². The van der Waals surface area contributed by atoms with Crippen molar-refractivity contribution in [3.05, 3.63) is 0 Å². The van der Waals surface area contributed by atoms with E-state index in [0.717, 1.165) is 32.1 Å². The highest BCUT2D eigenvalue weighted by atomic mass is 32.3. The fourth-order valence-corrected chi connectivity index (χ4v) is 9.87. The van der Waals surface area contributed by atoms with Crippen LogP contribution >= 0.6 is 0 Å². The molecular formula is C25H42O6S. The van der Waals surface area contributed by atoms with Crippen LogP contribution in [0.5, 0.6) is 0 Å². The third-order valence-corrected chi connectivity index (χ3v) is 11.2. The van der Waals surface area contributed by atoms with Gasteiger partial charge >= 0.3 is 16.4 Å². The molecule has 7 heteroatoms. The summed E-state index contributed by atoms with van der Waals surface area (Å²) in [4.78, 5) is 12.1. The van der Waals surface area contributed by atoms with E-state index in [2.05, 4.69) is 25.0 Å². The van der Waals surface area contributed by atoms with E-state index in [-0.39, 0.29) is 29.8 Å². The second-order valence-corrected chi connectivity index (χ2v) is 13.0. The number of aliphatic hydroxyl groups excluding tert-OH is 1. The van der Waals surface area contributed by atoms with Crippen LogP contribution in [0.4, 0.5) is 0 Å². The van der Waals surface area contributed by atoms with E-state index in [1.165, 1.54) is 25.7 Å². The largest absolute Gasteiger partial charge is 0.448 e. The number of carbonyl (C=O) groups excluding carboxylic acids is 1. The molecule has 0 spiro atoms. The van der Waals surface area contributed by atoms with Crippen molar-refractivity contribution in [3.63, 3.8) is 0 Å². The molecule has 2 N–H and O–H groups in total. The summed E-state index contributed by atoms with van der Waals surface area (Å²) in [6, 6.07) is 0. The smallest absolute Gasteiger partial charge is 0.393 e. The molecule has 0 bridgehead atoms. The first-order chi connectivity index (χ1) is 14.9. The Morgan fingerprint density at radius 3 is 2.38 bits per heavy atom. The fraction of sp³-hybridized carbons (Fsp3) is 0.960. The van der Waals surface area contributed by atoms with Gasteiger partial charge in [0.15, 0.2) is 0 Å². The zero-order valence-electron chi connectivity index (χ0n) is 20.1. The van der Waals surface area contributed by atoms with Crippen molar-refractivity contribution in [2.45, 2.75) is 98.0 Å². The van der Waals surface area contributed by atoms with Gasteiger partial charge in [0.2, 0.25) is 0 Å². The molecule has 32 heavy (non-hydrogen) atoms. The summed E-state index contributed by atoms with van der Waals surface area (Å²) in [5.74, 6) is 1.71. The molecule has 4 saturated carbocycles. The Morgan fingerprint density at radius 1 is 1.03 bits per heavy atom. The normalized spacial score (nSPS) is 47.1. The molecule has 10 atom stereocenters. The van der Waals surface area contributed by atoms with E-state index in [0.29, 0.717) is 35.0 Å². The number of hydrogen-bond donors (Lipinski definition) is 2. The predicted octanol–water partition coefficient (Wildman–Crippen LogP) is 5.01. The second-order valence-electron chi connectivity index (χ2n) is 12.0. The van der Waals surface area contributed by atoms with Crippen LogP contribution in [0.2, 0.25) is 0 Å². The first-order valence-electron chi connectivity index (χ1n) is 12.8. The topological polar surface area (TPSA) is 101 Å². The lowest BCUT2D eigenvalue weighted by Gasteiger charge is -2.64. The zero-order valence-corrected chi connectivity index (χ0v) is 20.9. The van der Waals surface area contributed by atoms with E-state index in [4.69, 9.17) is 4.55 Å². The van der Waals surface area contributed by atoms with Crippen LogP contribution in [0.1, 0.15) is 91.9 Å². The van der Waals surface area contributed by atoms with E-state index >= 15 is 0 Å². The van der Waals surface area contributed by atoms with Gasteiger partial charge in [-0.2, -0.15) is 8.42 Å². The van der Waals surface area contributed by atoms with Crippen molar-refractivity contribution in [1.29, 1.82) is 0 Å². The summed E-state index contributed by atoms with van der Waals surface area (Å²) >= 11 is 0. The maximum Gasteiger partial charge on any atom is 0.448 e. The highest BCUT2D eigenvalue weighted by Gasteiger charge is 2.64. The zero-order chi connectivity index (χ0) is 23.5. The minimum Gasteiger partial charge on any atom is -0.393 e. The average Bonchev–Trinajstić information content (AvgIpc) is 3.04. The molecular weight excluding hydrogens is 428 g/mol. The van der Waals surface area contributed by atoms with Gasteiger partial charge in [0.1, 0.15) is 0 Å². The van der Waals surface area contributed by atoms with Gasteiger partial charge in [-0.15, -0.1) is 0 Å². The summed E-state index contributed by atoms with van der Waals surface area (Å²) in [6.07, 6.45) is 10.2. The molecule has 0 amide bonds. The van der Waals surface area contributed by atoms with Crippen LogP contribution in [-0.4, -0.2) is 30.2 Å². The third-order valence-electron chi connectivity index (χ3n) is 10.8. The molecule has 0 radical (unpaired) electrons. The van der Waals surface area contributed by atoms with Crippen molar-refractivity contribution in [2.75, 3.05) is 0 Å². The van der Waals surface area contributed by atoms with Gasteiger partial charge in [0, 0.05) is 6.42 Å². The Bertz CT molecular complexity index is 826. The van der Waals surface area contributed by atoms with Crippen LogP contribution < -0.4 is 0 Å². The Hall–Kier alpha value is -0.660. The SMILES string of the molecule is CC[C@H]1[C@@H](O)[C@@H]2[C@H](CC[C@]3(C)[C@@H]([C@H](C)CC(=O)OS(=O)(=O)O)CC[C@@H]23)[C@@]2(C)CCCC[C@@H]12. The number of hydrogen-bond acceptors (Lipinski definition) is 5. The van der Waals surface area contributed by atoms with Crippen molar-refractivity contribution < 1.29 is 27.1 Å². The summed E-state index contributed by atoms with van der Waals surface area (Å²) in [5, 5.41) is 11.7. The van der Waals surface area contributed by atoms with Crippen molar-refractivity contribution in [2.24, 2.45) is 52.3 Å². The monoisotopic (exact) mass is 470 g/mol. The molecule has 0 unspecified atom stereocenters. The molecule has 0 aromatic heterocycles. The number of aliphatic hydroxyl groups is 1. The highest BCUT2D eigenvalue weighted by molar-refractivity contribution is 7.81. The molecule has 4 fully saturated rings. The van der Waals surface area contributed by atoms with Gasteiger partial charge in [-0.3, -0.25) is 9.35 Å². The third kappa shape index (κ3) is 3.94. The maximum atomic E-state index is 12.1. The Balaban J connectivity index is 1.57. The van der Waals surface area contributed by atoms with Gasteiger partial charge in [0.05, 0.1) is 6.10 Å². The van der Waals surface area contributed by atoms with Crippen LogP contribution in [0.3, 0.4) is 0 Å². The Labute approximate surface area is 193 Å². The van der Waals surface area contributed by atoms with Crippen molar-refractivity contribution >= 4 is 16.4 Å². The maximum absolute atomic E-state index is 12.1. The minimum atomic E-state index is -4.76. The lowest BCUT2D eigenvalue weighted by Crippen LogP contribution is -2.61. The molecule has 6 nitrogen and oxygen atoms in total. The van der Waals surface area contributed by atoms with Gasteiger partial charge in [0.25, 0.3) is 0 Å². The number of rotatable bonds is 5. The standard InChI is InChI=1S/C25H42O6S/c1-5-16-18-8-6-7-12-24(18,3)20-11-13-25(4)17(9-10-19(25)22(20)23(16)27)15(2)14-21(26)31-32(28,29)30/h15-20,22-23,27H,5-14H2,1-4H3,(H,28,29,30)/t15-,16-,17-,18+,19+,20+,22+,23-,24+,25-/m1/s1. The van der Waals surface area contributed by atoms with E-state index in [1.54, 1.807) is 0 Å². The van der Waals surface area contributed by atoms with Gasteiger partial charge < -0.3 is 9.29 Å². The first-order valence-corrected chi connectivity index (χ1v) is 14.2. The summed E-state index contributed by atoms with van der Waals surface area (Å²) in [5.41, 5.74) is 0.364. The van der Waals surface area contributed by atoms with E-state index < -0.39 is 16.4 Å². The molecule has 4 rings (SSSR count). The number of fused-ring (bicyclic) bond motifs is 5. The molecule has 4 aliphatic rings. The van der Waals surface area contributed by atoms with Crippen LogP contribution in [-0.2, 0) is 19.4 Å². The van der Waals surface area contributed by atoms with Crippen LogP contribution in [0, 0.1) is 52.3 Å². The summed E-state index contributed by atoms with van der Waals surface area (Å²) in [7, 11) is -4.76. The minimum absolute atomic E-state index is 0.0131. The lowest BCUT2D eigenvalue weighted by atomic mass is 9.41. The first kappa shape index (κ1) is 24.5. The molecule has 4 aliphatic carbocycles. The van der Waals surface area contributed by atoms with Gasteiger partial charge in [-0.1, -0.05) is 47.0 Å². The molecule has 184 valence electrons.